The Morgan fingerprint density at radius 1 is 1.08 bits per heavy atom. The van der Waals surface area contributed by atoms with Gasteiger partial charge in [-0.2, -0.15) is 11.8 Å². The number of amides is 1. The zero-order chi connectivity index (χ0) is 17.1. The Kier molecular flexibility index (Phi) is 5.28. The molecule has 0 spiro atoms. The van der Waals surface area contributed by atoms with E-state index in [4.69, 9.17) is 0 Å². The van der Waals surface area contributed by atoms with E-state index in [1.54, 1.807) is 0 Å². The number of rotatable bonds is 4. The van der Waals surface area contributed by atoms with E-state index >= 15 is 0 Å². The van der Waals surface area contributed by atoms with E-state index < -0.39 is 0 Å². The normalized spacial score (nSPS) is 22.3. The van der Waals surface area contributed by atoms with Gasteiger partial charge >= 0.3 is 0 Å². The molecular weight excluding hydrogens is 328 g/mol. The van der Waals surface area contributed by atoms with Gasteiger partial charge in [-0.15, -0.1) is 0 Å². The topological polar surface area (TPSA) is 32.3 Å². The van der Waals surface area contributed by atoms with Gasteiger partial charge in [0.05, 0.1) is 0 Å². The van der Waals surface area contributed by atoms with Gasteiger partial charge in [0.2, 0.25) is 0 Å². The minimum Gasteiger partial charge on any atom is -0.352 e. The van der Waals surface area contributed by atoms with E-state index in [9.17, 15) is 4.79 Å². The number of hydrogen-bond acceptors (Lipinski definition) is 3. The molecule has 0 aliphatic carbocycles. The van der Waals surface area contributed by atoms with Crippen LogP contribution in [-0.2, 0) is 0 Å². The smallest absolute Gasteiger partial charge is 0.251 e. The lowest BCUT2D eigenvalue weighted by Crippen LogP contribution is -2.43. The van der Waals surface area contributed by atoms with Crippen LogP contribution in [0.15, 0.2) is 42.5 Å². The Bertz CT molecular complexity index is 728. The van der Waals surface area contributed by atoms with Crippen molar-refractivity contribution in [3.63, 3.8) is 0 Å². The minimum atomic E-state index is 0.0615. The van der Waals surface area contributed by atoms with Crippen molar-refractivity contribution in [2.45, 2.75) is 25.3 Å². The standard InChI is InChI=1S/C21H26N2OS/c24-21(20-7-3-5-17-4-1-2-6-19(17)20)22-14-16-8-11-23(12-9-16)18-10-13-25-15-18/h1-7,16,18H,8-15H2,(H,22,24). The van der Waals surface area contributed by atoms with Crippen LogP contribution in [0.5, 0.6) is 0 Å². The number of carbonyl (C=O) groups is 1. The van der Waals surface area contributed by atoms with Crippen LogP contribution in [0.25, 0.3) is 10.8 Å². The van der Waals surface area contributed by atoms with Gasteiger partial charge in [0, 0.05) is 23.9 Å². The van der Waals surface area contributed by atoms with Crippen molar-refractivity contribution in [2.75, 3.05) is 31.1 Å². The molecule has 1 N–H and O–H groups in total. The summed E-state index contributed by atoms with van der Waals surface area (Å²) in [6.45, 7) is 3.19. The number of thioether (sulfide) groups is 1. The van der Waals surface area contributed by atoms with E-state index in [1.807, 2.05) is 30.3 Å². The van der Waals surface area contributed by atoms with Gasteiger partial charge in [-0.3, -0.25) is 9.69 Å². The highest BCUT2D eigenvalue weighted by molar-refractivity contribution is 7.99. The van der Waals surface area contributed by atoms with Gasteiger partial charge < -0.3 is 5.32 Å². The molecule has 2 aliphatic heterocycles. The summed E-state index contributed by atoms with van der Waals surface area (Å²) >= 11 is 2.09. The molecule has 0 radical (unpaired) electrons. The number of piperidine rings is 1. The largest absolute Gasteiger partial charge is 0.352 e. The molecule has 1 atom stereocenters. The third-order valence-corrected chi connectivity index (χ3v) is 6.80. The molecule has 4 heteroatoms. The maximum atomic E-state index is 12.7. The van der Waals surface area contributed by atoms with Crippen LogP contribution < -0.4 is 5.32 Å². The highest BCUT2D eigenvalue weighted by Crippen LogP contribution is 2.26. The molecule has 25 heavy (non-hydrogen) atoms. The average molecular weight is 355 g/mol. The molecule has 2 heterocycles. The maximum Gasteiger partial charge on any atom is 0.251 e. The number of nitrogens with one attached hydrogen (secondary N) is 1. The molecule has 2 saturated heterocycles. The Balaban J connectivity index is 1.32. The van der Waals surface area contributed by atoms with Crippen LogP contribution in [0, 0.1) is 5.92 Å². The van der Waals surface area contributed by atoms with Crippen LogP contribution in [-0.4, -0.2) is 48.0 Å². The summed E-state index contributed by atoms with van der Waals surface area (Å²) in [4.78, 5) is 15.3. The number of hydrogen-bond donors (Lipinski definition) is 1. The Labute approximate surface area is 154 Å². The summed E-state index contributed by atoms with van der Waals surface area (Å²) in [5.74, 6) is 3.31. The molecule has 2 aliphatic rings. The van der Waals surface area contributed by atoms with Gasteiger partial charge in [0.15, 0.2) is 0 Å². The van der Waals surface area contributed by atoms with Crippen LogP contribution in [0.2, 0.25) is 0 Å². The van der Waals surface area contributed by atoms with Crippen molar-refractivity contribution in [2.24, 2.45) is 5.92 Å². The lowest BCUT2D eigenvalue weighted by molar-refractivity contribution is 0.0930. The molecule has 1 unspecified atom stereocenters. The molecule has 1 amide bonds. The molecular formula is C21H26N2OS. The number of benzene rings is 2. The van der Waals surface area contributed by atoms with Crippen LogP contribution >= 0.6 is 11.8 Å². The fourth-order valence-electron chi connectivity index (χ4n) is 4.09. The molecule has 0 saturated carbocycles. The van der Waals surface area contributed by atoms with Crippen molar-refractivity contribution in [1.29, 1.82) is 0 Å². The number of carbonyl (C=O) groups excluding carboxylic acids is 1. The quantitative estimate of drug-likeness (QED) is 0.907. The Hall–Kier alpha value is -1.52. The molecule has 0 aromatic heterocycles. The van der Waals surface area contributed by atoms with Crippen LogP contribution in [0.1, 0.15) is 29.6 Å². The highest BCUT2D eigenvalue weighted by Gasteiger charge is 2.27. The summed E-state index contributed by atoms with van der Waals surface area (Å²) in [5.41, 5.74) is 0.790. The van der Waals surface area contributed by atoms with E-state index in [0.29, 0.717) is 5.92 Å². The third-order valence-electron chi connectivity index (χ3n) is 5.66. The minimum absolute atomic E-state index is 0.0615. The molecule has 2 fully saturated rings. The molecule has 3 nitrogen and oxygen atoms in total. The van der Waals surface area contributed by atoms with Crippen molar-refractivity contribution in [3.05, 3.63) is 48.0 Å². The summed E-state index contributed by atoms with van der Waals surface area (Å²) in [6, 6.07) is 14.9. The highest BCUT2D eigenvalue weighted by atomic mass is 32.2. The maximum absolute atomic E-state index is 12.7. The van der Waals surface area contributed by atoms with Crippen molar-refractivity contribution < 1.29 is 4.79 Å². The fourth-order valence-corrected chi connectivity index (χ4v) is 5.34. The zero-order valence-electron chi connectivity index (χ0n) is 14.6. The monoisotopic (exact) mass is 354 g/mol. The van der Waals surface area contributed by atoms with Crippen LogP contribution in [0.4, 0.5) is 0 Å². The number of fused-ring (bicyclic) bond motifs is 1. The molecule has 4 rings (SSSR count). The summed E-state index contributed by atoms with van der Waals surface area (Å²) < 4.78 is 0. The van der Waals surface area contributed by atoms with E-state index in [-0.39, 0.29) is 5.91 Å². The van der Waals surface area contributed by atoms with Gasteiger partial charge in [-0.25, -0.2) is 0 Å². The summed E-state index contributed by atoms with van der Waals surface area (Å²) in [5, 5.41) is 5.34. The first-order valence-corrected chi connectivity index (χ1v) is 10.5. The second-order valence-corrected chi connectivity index (χ2v) is 8.38. The molecule has 132 valence electrons. The number of nitrogens with zero attached hydrogens (tertiary/aromatic N) is 1. The molecule has 0 bridgehead atoms. The van der Waals surface area contributed by atoms with Crippen molar-refractivity contribution in [1.82, 2.24) is 10.2 Å². The predicted molar refractivity (Wildman–Crippen MR) is 106 cm³/mol. The second-order valence-electron chi connectivity index (χ2n) is 7.23. The first-order valence-electron chi connectivity index (χ1n) is 9.39. The van der Waals surface area contributed by atoms with E-state index in [2.05, 4.69) is 34.1 Å². The predicted octanol–water partition coefficient (Wildman–Crippen LogP) is 3.79. The summed E-state index contributed by atoms with van der Waals surface area (Å²) in [7, 11) is 0. The molecule has 2 aromatic rings. The lowest BCUT2D eigenvalue weighted by atomic mass is 9.95. The summed E-state index contributed by atoms with van der Waals surface area (Å²) in [6.07, 6.45) is 3.76. The Morgan fingerprint density at radius 3 is 2.68 bits per heavy atom. The van der Waals surface area contributed by atoms with Crippen LogP contribution in [0.3, 0.4) is 0 Å². The average Bonchev–Trinajstić information content (AvgIpc) is 3.21. The first kappa shape index (κ1) is 16.9. The van der Waals surface area contributed by atoms with Gasteiger partial charge in [-0.05, 0) is 60.9 Å². The third kappa shape index (κ3) is 3.85. The van der Waals surface area contributed by atoms with E-state index in [0.717, 1.165) is 28.9 Å². The van der Waals surface area contributed by atoms with Gasteiger partial charge in [-0.1, -0.05) is 36.4 Å². The van der Waals surface area contributed by atoms with Gasteiger partial charge in [0.25, 0.3) is 5.91 Å². The van der Waals surface area contributed by atoms with Crippen molar-refractivity contribution >= 4 is 28.4 Å². The van der Waals surface area contributed by atoms with E-state index in [1.165, 1.54) is 43.9 Å². The number of likely N-dealkylation sites (tertiary alicyclic amines) is 1. The molecule has 2 aromatic carbocycles. The zero-order valence-corrected chi connectivity index (χ0v) is 15.4. The van der Waals surface area contributed by atoms with Gasteiger partial charge in [0.1, 0.15) is 0 Å². The lowest BCUT2D eigenvalue weighted by Gasteiger charge is -2.35. The first-order chi connectivity index (χ1) is 12.3. The SMILES string of the molecule is O=C(NCC1CCN(C2CCSC2)CC1)c1cccc2ccccc12. The second kappa shape index (κ2) is 7.79. The fraction of sp³-hybridized carbons (Fsp3) is 0.476. The Morgan fingerprint density at radius 2 is 1.88 bits per heavy atom. The van der Waals surface area contributed by atoms with Crippen molar-refractivity contribution in [3.8, 4) is 0 Å².